The third-order valence-corrected chi connectivity index (χ3v) is 2.99. The van der Waals surface area contributed by atoms with Gasteiger partial charge in [0, 0.05) is 43.0 Å². The summed E-state index contributed by atoms with van der Waals surface area (Å²) in [6.07, 6.45) is 6.24. The number of nitrogens with zero attached hydrogens (tertiary/aromatic N) is 4. The Bertz CT molecular complexity index is 493. The van der Waals surface area contributed by atoms with Crippen molar-refractivity contribution >= 4 is 17.9 Å². The summed E-state index contributed by atoms with van der Waals surface area (Å²) in [5.41, 5.74) is 7.79. The van der Waals surface area contributed by atoms with Crippen LogP contribution in [0.3, 0.4) is 0 Å². The van der Waals surface area contributed by atoms with E-state index >= 15 is 0 Å². The fraction of sp³-hybridized carbons (Fsp3) is 0.438. The van der Waals surface area contributed by atoms with Gasteiger partial charge < -0.3 is 10.6 Å². The molecule has 1 heterocycles. The maximum absolute atomic E-state index is 5.72. The van der Waals surface area contributed by atoms with Crippen molar-refractivity contribution in [3.8, 4) is 0 Å². The molecule has 1 aromatic rings. The van der Waals surface area contributed by atoms with E-state index in [1.807, 2.05) is 26.0 Å². The van der Waals surface area contributed by atoms with Crippen LogP contribution in [0.15, 0.2) is 41.1 Å². The summed E-state index contributed by atoms with van der Waals surface area (Å²) in [5, 5.41) is 0. The Balaban J connectivity index is 2.78. The summed E-state index contributed by atoms with van der Waals surface area (Å²) >= 11 is 0. The number of hydrogen-bond acceptors (Lipinski definition) is 3. The molecular formula is C16H25N5. The Labute approximate surface area is 127 Å². The molecule has 0 aromatic carbocycles. The molecule has 0 saturated heterocycles. The van der Waals surface area contributed by atoms with Crippen molar-refractivity contribution in [1.29, 1.82) is 0 Å². The maximum atomic E-state index is 5.72. The van der Waals surface area contributed by atoms with Crippen molar-refractivity contribution < 1.29 is 0 Å². The molecule has 1 atom stereocenters. The SMILES string of the molecule is C=C(c1ccncc1)N(CCC)CC(C)N=C(N)/N=C\C. The smallest absolute Gasteiger partial charge is 0.215 e. The number of nitrogens with two attached hydrogens (primary N) is 1. The summed E-state index contributed by atoms with van der Waals surface area (Å²) in [6, 6.07) is 3.99. The molecule has 0 spiro atoms. The van der Waals surface area contributed by atoms with Crippen LogP contribution < -0.4 is 5.73 Å². The van der Waals surface area contributed by atoms with Crippen LogP contribution in [0.4, 0.5) is 0 Å². The van der Waals surface area contributed by atoms with E-state index in [1.165, 1.54) is 0 Å². The Kier molecular flexibility index (Phi) is 7.15. The second-order valence-corrected chi connectivity index (χ2v) is 4.85. The van der Waals surface area contributed by atoms with E-state index < -0.39 is 0 Å². The number of aromatic nitrogens is 1. The quantitative estimate of drug-likeness (QED) is 0.619. The van der Waals surface area contributed by atoms with Crippen molar-refractivity contribution in [3.05, 3.63) is 36.7 Å². The molecular weight excluding hydrogens is 262 g/mol. The van der Waals surface area contributed by atoms with Gasteiger partial charge in [-0.1, -0.05) is 13.5 Å². The minimum absolute atomic E-state index is 0.0545. The molecule has 1 rings (SSSR count). The van der Waals surface area contributed by atoms with Crippen molar-refractivity contribution in [2.45, 2.75) is 33.2 Å². The zero-order valence-corrected chi connectivity index (χ0v) is 13.2. The van der Waals surface area contributed by atoms with E-state index in [1.54, 1.807) is 18.6 Å². The first-order valence-corrected chi connectivity index (χ1v) is 7.24. The number of guanidine groups is 1. The van der Waals surface area contributed by atoms with Gasteiger partial charge in [0.1, 0.15) is 0 Å². The number of hydrogen-bond donors (Lipinski definition) is 1. The van der Waals surface area contributed by atoms with Crippen molar-refractivity contribution in [1.82, 2.24) is 9.88 Å². The highest BCUT2D eigenvalue weighted by Gasteiger charge is 2.12. The van der Waals surface area contributed by atoms with Crippen LogP contribution in [0, 0.1) is 0 Å². The second kappa shape index (κ2) is 8.89. The highest BCUT2D eigenvalue weighted by Crippen LogP contribution is 2.17. The number of pyridine rings is 1. The van der Waals surface area contributed by atoms with Gasteiger partial charge >= 0.3 is 0 Å². The van der Waals surface area contributed by atoms with Gasteiger partial charge in [0.15, 0.2) is 0 Å². The van der Waals surface area contributed by atoms with E-state index in [2.05, 4.69) is 33.4 Å². The topological polar surface area (TPSA) is 66.9 Å². The van der Waals surface area contributed by atoms with E-state index in [9.17, 15) is 0 Å². The molecule has 0 aliphatic rings. The second-order valence-electron chi connectivity index (χ2n) is 4.85. The average molecular weight is 287 g/mol. The molecule has 0 aliphatic carbocycles. The molecule has 0 aliphatic heterocycles. The van der Waals surface area contributed by atoms with Gasteiger partial charge in [0.2, 0.25) is 5.96 Å². The predicted octanol–water partition coefficient (Wildman–Crippen LogP) is 2.56. The summed E-state index contributed by atoms with van der Waals surface area (Å²) in [7, 11) is 0. The fourth-order valence-electron chi connectivity index (χ4n) is 2.08. The van der Waals surface area contributed by atoms with Gasteiger partial charge in [-0.15, -0.1) is 0 Å². The molecule has 0 radical (unpaired) electrons. The molecule has 0 amide bonds. The molecule has 0 saturated carbocycles. The lowest BCUT2D eigenvalue weighted by Gasteiger charge is -2.28. The molecule has 2 N–H and O–H groups in total. The van der Waals surface area contributed by atoms with E-state index in [0.717, 1.165) is 30.8 Å². The van der Waals surface area contributed by atoms with Gasteiger partial charge in [-0.05, 0) is 32.4 Å². The summed E-state index contributed by atoms with van der Waals surface area (Å²) < 4.78 is 0. The van der Waals surface area contributed by atoms with Crippen molar-refractivity contribution in [3.63, 3.8) is 0 Å². The van der Waals surface area contributed by atoms with Gasteiger partial charge in [-0.3, -0.25) is 4.98 Å². The third-order valence-electron chi connectivity index (χ3n) is 2.99. The molecule has 1 aromatic heterocycles. The molecule has 5 heteroatoms. The largest absolute Gasteiger partial charge is 0.369 e. The predicted molar refractivity (Wildman–Crippen MR) is 90.4 cm³/mol. The Morgan fingerprint density at radius 2 is 2.14 bits per heavy atom. The van der Waals surface area contributed by atoms with Crippen LogP contribution in [0.25, 0.3) is 5.70 Å². The minimum Gasteiger partial charge on any atom is -0.369 e. The summed E-state index contributed by atoms with van der Waals surface area (Å²) in [4.78, 5) is 14.6. The highest BCUT2D eigenvalue weighted by molar-refractivity contribution is 5.85. The Hall–Kier alpha value is -2.17. The fourth-order valence-corrected chi connectivity index (χ4v) is 2.08. The van der Waals surface area contributed by atoms with Crippen LogP contribution in [0.5, 0.6) is 0 Å². The van der Waals surface area contributed by atoms with Crippen LogP contribution >= 0.6 is 0 Å². The van der Waals surface area contributed by atoms with Crippen LogP contribution in [0.2, 0.25) is 0 Å². The van der Waals surface area contributed by atoms with Gasteiger partial charge in [-0.25, -0.2) is 9.98 Å². The molecule has 5 nitrogen and oxygen atoms in total. The van der Waals surface area contributed by atoms with Crippen molar-refractivity contribution in [2.24, 2.45) is 15.7 Å². The number of aliphatic imine (C=N–C) groups is 2. The lowest BCUT2D eigenvalue weighted by atomic mass is 10.1. The number of rotatable bonds is 7. The first-order valence-electron chi connectivity index (χ1n) is 7.24. The van der Waals surface area contributed by atoms with Crippen LogP contribution in [0.1, 0.15) is 32.8 Å². The zero-order chi connectivity index (χ0) is 15.7. The van der Waals surface area contributed by atoms with Gasteiger partial charge in [0.05, 0.1) is 6.04 Å². The summed E-state index contributed by atoms with van der Waals surface area (Å²) in [6.45, 7) is 11.9. The first kappa shape index (κ1) is 16.9. The van der Waals surface area contributed by atoms with E-state index in [0.29, 0.717) is 5.96 Å². The van der Waals surface area contributed by atoms with Crippen molar-refractivity contribution in [2.75, 3.05) is 13.1 Å². The Morgan fingerprint density at radius 3 is 2.71 bits per heavy atom. The molecule has 0 bridgehead atoms. The lowest BCUT2D eigenvalue weighted by molar-refractivity contribution is 0.375. The molecule has 0 fully saturated rings. The minimum atomic E-state index is 0.0545. The van der Waals surface area contributed by atoms with Gasteiger partial charge in [-0.2, -0.15) is 0 Å². The Morgan fingerprint density at radius 1 is 1.48 bits per heavy atom. The van der Waals surface area contributed by atoms with E-state index in [-0.39, 0.29) is 6.04 Å². The van der Waals surface area contributed by atoms with Gasteiger partial charge in [0.25, 0.3) is 0 Å². The molecule has 1 unspecified atom stereocenters. The van der Waals surface area contributed by atoms with Crippen LogP contribution in [-0.4, -0.2) is 41.2 Å². The zero-order valence-electron chi connectivity index (χ0n) is 13.2. The van der Waals surface area contributed by atoms with Crippen LogP contribution in [-0.2, 0) is 0 Å². The molecule has 21 heavy (non-hydrogen) atoms. The monoisotopic (exact) mass is 287 g/mol. The average Bonchev–Trinajstić information content (AvgIpc) is 2.47. The normalized spacial score (nSPS) is 13.4. The van der Waals surface area contributed by atoms with E-state index in [4.69, 9.17) is 5.73 Å². The third kappa shape index (κ3) is 5.77. The lowest BCUT2D eigenvalue weighted by Crippen LogP contribution is -2.30. The first-order chi connectivity index (χ1) is 10.1. The summed E-state index contributed by atoms with van der Waals surface area (Å²) in [5.74, 6) is 0.316. The standard InChI is InChI=1S/C16H25N5/c1-5-11-21(12-13(3)20-16(17)19-6-2)14(4)15-7-9-18-10-8-15/h6-10,13H,4-5,11-12H2,1-3H3,(H2,17,20)/b19-6-. The maximum Gasteiger partial charge on any atom is 0.215 e. The highest BCUT2D eigenvalue weighted by atomic mass is 15.2. The molecule has 114 valence electrons.